The minimum Gasteiger partial charge on any atom is -0.356 e. The van der Waals surface area contributed by atoms with Gasteiger partial charge in [-0.05, 0) is 25.6 Å². The Kier molecular flexibility index (Phi) is 16.6. The lowest BCUT2D eigenvalue weighted by Crippen LogP contribution is -2.24. The van der Waals surface area contributed by atoms with Gasteiger partial charge in [-0.2, -0.15) is 11.8 Å². The topological polar surface area (TPSA) is 55.1 Å². The fourth-order valence-electron chi connectivity index (χ4n) is 2.19. The third kappa shape index (κ3) is 15.8. The van der Waals surface area contributed by atoms with Gasteiger partial charge in [0.05, 0.1) is 0 Å². The predicted molar refractivity (Wildman–Crippen MR) is 91.2 cm³/mol. The van der Waals surface area contributed by atoms with Crippen LogP contribution in [0.4, 0.5) is 0 Å². The van der Waals surface area contributed by atoms with Gasteiger partial charge in [0.2, 0.25) is 5.91 Å². The van der Waals surface area contributed by atoms with Crippen LogP contribution in [-0.2, 0) is 4.79 Å². The molecule has 0 rings (SSSR count). The molecule has 0 aromatic heterocycles. The van der Waals surface area contributed by atoms with Gasteiger partial charge in [0, 0.05) is 18.7 Å². The Balaban J connectivity index is 3.04. The van der Waals surface area contributed by atoms with Crippen LogP contribution >= 0.6 is 11.8 Å². The molecule has 3 nitrogen and oxygen atoms in total. The average molecular weight is 303 g/mol. The highest BCUT2D eigenvalue weighted by Crippen LogP contribution is 2.10. The normalized spacial score (nSPS) is 10.7. The van der Waals surface area contributed by atoms with Crippen LogP contribution < -0.4 is 11.1 Å². The zero-order valence-electron chi connectivity index (χ0n) is 13.3. The summed E-state index contributed by atoms with van der Waals surface area (Å²) in [6.07, 6.45) is 15.6. The van der Waals surface area contributed by atoms with Crippen LogP contribution in [0.3, 0.4) is 0 Å². The van der Waals surface area contributed by atoms with E-state index >= 15 is 0 Å². The molecular weight excluding hydrogens is 268 g/mol. The Bertz CT molecular complexity index is 213. The average Bonchev–Trinajstić information content (AvgIpc) is 2.46. The molecule has 0 aliphatic carbocycles. The molecule has 0 aromatic rings. The van der Waals surface area contributed by atoms with E-state index in [4.69, 9.17) is 5.73 Å². The summed E-state index contributed by atoms with van der Waals surface area (Å²) in [7, 11) is 0. The van der Waals surface area contributed by atoms with Crippen LogP contribution in [0.15, 0.2) is 0 Å². The summed E-state index contributed by atoms with van der Waals surface area (Å²) < 4.78 is 0. The zero-order chi connectivity index (χ0) is 14.9. The molecule has 0 saturated heterocycles. The van der Waals surface area contributed by atoms with Crippen molar-refractivity contribution in [1.29, 1.82) is 0 Å². The first kappa shape index (κ1) is 19.8. The van der Waals surface area contributed by atoms with E-state index in [-0.39, 0.29) is 5.91 Å². The molecule has 0 atom stereocenters. The van der Waals surface area contributed by atoms with Crippen LogP contribution in [0.5, 0.6) is 0 Å². The Morgan fingerprint density at radius 2 is 1.40 bits per heavy atom. The smallest absolute Gasteiger partial charge is 0.220 e. The molecule has 0 unspecified atom stereocenters. The monoisotopic (exact) mass is 302 g/mol. The lowest BCUT2D eigenvalue weighted by atomic mass is 10.1. The van der Waals surface area contributed by atoms with Gasteiger partial charge in [0.25, 0.3) is 0 Å². The van der Waals surface area contributed by atoms with Crippen LogP contribution in [0, 0.1) is 0 Å². The molecule has 1 amide bonds. The number of carbonyl (C=O) groups excluding carboxylic acids is 1. The van der Waals surface area contributed by atoms with Crippen LogP contribution in [-0.4, -0.2) is 31.0 Å². The summed E-state index contributed by atoms with van der Waals surface area (Å²) in [5.41, 5.74) is 5.46. The van der Waals surface area contributed by atoms with Crippen molar-refractivity contribution in [2.45, 2.75) is 70.6 Å². The first-order valence-electron chi connectivity index (χ1n) is 8.27. The van der Waals surface area contributed by atoms with Crippen molar-refractivity contribution >= 4 is 17.7 Å². The lowest BCUT2D eigenvalue weighted by Gasteiger charge is -2.05. The molecule has 0 spiro atoms. The van der Waals surface area contributed by atoms with E-state index in [1.807, 2.05) is 6.26 Å². The first-order chi connectivity index (χ1) is 9.81. The van der Waals surface area contributed by atoms with Gasteiger partial charge >= 0.3 is 0 Å². The third-order valence-corrected chi connectivity index (χ3v) is 4.10. The number of unbranched alkanes of at least 4 members (excludes halogenated alkanes) is 9. The van der Waals surface area contributed by atoms with Crippen molar-refractivity contribution < 1.29 is 4.79 Å². The van der Waals surface area contributed by atoms with E-state index in [2.05, 4.69) is 5.32 Å². The Morgan fingerprint density at radius 1 is 0.900 bits per heavy atom. The highest BCUT2D eigenvalue weighted by Gasteiger charge is 1.99. The van der Waals surface area contributed by atoms with Crippen LogP contribution in [0.2, 0.25) is 0 Å². The van der Waals surface area contributed by atoms with Crippen molar-refractivity contribution in [1.82, 2.24) is 5.32 Å². The van der Waals surface area contributed by atoms with Crippen molar-refractivity contribution in [3.63, 3.8) is 0 Å². The molecule has 0 fully saturated rings. The largest absolute Gasteiger partial charge is 0.356 e. The zero-order valence-corrected chi connectivity index (χ0v) is 14.1. The molecule has 4 heteroatoms. The van der Waals surface area contributed by atoms with Gasteiger partial charge in [-0.15, -0.1) is 0 Å². The Labute approximate surface area is 129 Å². The van der Waals surface area contributed by atoms with E-state index < -0.39 is 0 Å². The second-order valence-corrected chi connectivity index (χ2v) is 6.40. The molecule has 120 valence electrons. The molecule has 0 aliphatic heterocycles. The number of carbonyl (C=O) groups is 1. The summed E-state index contributed by atoms with van der Waals surface area (Å²) >= 11 is 1.72. The number of nitrogens with one attached hydrogen (secondary N) is 1. The molecule has 0 aromatic carbocycles. The number of hydrogen-bond donors (Lipinski definition) is 2. The van der Waals surface area contributed by atoms with Gasteiger partial charge < -0.3 is 11.1 Å². The maximum absolute atomic E-state index is 11.4. The summed E-state index contributed by atoms with van der Waals surface area (Å²) in [6.45, 7) is 1.69. The maximum Gasteiger partial charge on any atom is 0.220 e. The number of amides is 1. The third-order valence-electron chi connectivity index (χ3n) is 3.49. The molecule has 0 heterocycles. The van der Waals surface area contributed by atoms with Gasteiger partial charge in [-0.1, -0.05) is 51.4 Å². The molecule has 0 bridgehead atoms. The maximum atomic E-state index is 11.4. The minimum absolute atomic E-state index is 0.205. The van der Waals surface area contributed by atoms with E-state index in [1.54, 1.807) is 11.8 Å². The van der Waals surface area contributed by atoms with Gasteiger partial charge in [-0.3, -0.25) is 4.79 Å². The highest BCUT2D eigenvalue weighted by atomic mass is 32.2. The Morgan fingerprint density at radius 3 is 1.90 bits per heavy atom. The van der Waals surface area contributed by atoms with Crippen molar-refractivity contribution in [3.05, 3.63) is 0 Å². The number of thioether (sulfide) groups is 1. The van der Waals surface area contributed by atoms with Crippen molar-refractivity contribution in [2.75, 3.05) is 25.1 Å². The number of hydrogen-bond acceptors (Lipinski definition) is 3. The predicted octanol–water partition coefficient (Wildman–Crippen LogP) is 3.72. The van der Waals surface area contributed by atoms with Crippen LogP contribution in [0.1, 0.15) is 70.6 Å². The summed E-state index contributed by atoms with van der Waals surface area (Å²) in [5.74, 6) is 1.13. The fraction of sp³-hybridized carbons (Fsp3) is 0.938. The van der Waals surface area contributed by atoms with Gasteiger partial charge in [0.1, 0.15) is 0 Å². The summed E-state index contributed by atoms with van der Waals surface area (Å²) in [5, 5.41) is 2.99. The molecule has 0 saturated carbocycles. The van der Waals surface area contributed by atoms with E-state index in [0.29, 0.717) is 6.42 Å². The van der Waals surface area contributed by atoms with Crippen molar-refractivity contribution in [3.8, 4) is 0 Å². The lowest BCUT2D eigenvalue weighted by molar-refractivity contribution is -0.120. The fourth-order valence-corrected chi connectivity index (χ4v) is 2.58. The number of nitrogens with two attached hydrogens (primary N) is 1. The van der Waals surface area contributed by atoms with E-state index in [9.17, 15) is 4.79 Å². The second-order valence-electron chi connectivity index (χ2n) is 5.42. The van der Waals surface area contributed by atoms with Gasteiger partial charge in [-0.25, -0.2) is 0 Å². The van der Waals surface area contributed by atoms with Crippen LogP contribution in [0.25, 0.3) is 0 Å². The number of rotatable bonds is 15. The SMILES string of the molecule is CSCCC(=O)NCCCCCCCCCCCCN. The molecule has 20 heavy (non-hydrogen) atoms. The first-order valence-corrected chi connectivity index (χ1v) is 9.66. The molecule has 0 aliphatic rings. The van der Waals surface area contributed by atoms with Gasteiger partial charge in [0.15, 0.2) is 0 Å². The second kappa shape index (κ2) is 16.8. The minimum atomic E-state index is 0.205. The summed E-state index contributed by atoms with van der Waals surface area (Å²) in [6, 6.07) is 0. The van der Waals surface area contributed by atoms with E-state index in [0.717, 1.165) is 25.3 Å². The molecule has 0 radical (unpaired) electrons. The standard InChI is InChI=1S/C16H34N2OS/c1-20-15-12-16(19)18-14-11-9-7-5-3-2-4-6-8-10-13-17/h2-15,17H2,1H3,(H,18,19). The van der Waals surface area contributed by atoms with E-state index in [1.165, 1.54) is 57.8 Å². The molecular formula is C16H34N2OS. The Hall–Kier alpha value is -0.220. The highest BCUT2D eigenvalue weighted by molar-refractivity contribution is 7.98. The molecule has 3 N–H and O–H groups in total. The quantitative estimate of drug-likeness (QED) is 0.453. The van der Waals surface area contributed by atoms with Crippen molar-refractivity contribution in [2.24, 2.45) is 5.73 Å². The summed E-state index contributed by atoms with van der Waals surface area (Å²) in [4.78, 5) is 11.4.